The summed E-state index contributed by atoms with van der Waals surface area (Å²) in [7, 11) is -3.20. The van der Waals surface area contributed by atoms with Crippen molar-refractivity contribution in [3.05, 3.63) is 62.4 Å². The molecule has 35 heavy (non-hydrogen) atoms. The highest BCUT2D eigenvalue weighted by Gasteiger charge is 2.55. The summed E-state index contributed by atoms with van der Waals surface area (Å²) in [6, 6.07) is 5.60. The zero-order valence-electron chi connectivity index (χ0n) is 18.8. The van der Waals surface area contributed by atoms with Crippen LogP contribution in [0.3, 0.4) is 0 Å². The van der Waals surface area contributed by atoms with E-state index >= 15 is 4.39 Å². The molecule has 1 aromatic carbocycles. The molecule has 2 unspecified atom stereocenters. The Kier molecular flexibility index (Phi) is 8.20. The van der Waals surface area contributed by atoms with Crippen LogP contribution in [0.15, 0.2) is 46.1 Å². The molecule has 1 aliphatic rings. The fourth-order valence-electron chi connectivity index (χ4n) is 3.32. The Labute approximate surface area is 203 Å². The van der Waals surface area contributed by atoms with Crippen molar-refractivity contribution < 1.29 is 37.4 Å². The summed E-state index contributed by atoms with van der Waals surface area (Å²) in [6.07, 6.45) is -3.85. The number of benzene rings is 1. The number of aromatic nitrogens is 2. The third-order valence-corrected chi connectivity index (χ3v) is 7.07. The van der Waals surface area contributed by atoms with Gasteiger partial charge in [0.15, 0.2) is 11.9 Å². The number of nitrogens with zero attached hydrogens (tertiary/aromatic N) is 1. The van der Waals surface area contributed by atoms with E-state index < -0.39 is 61.7 Å². The molecule has 1 aromatic heterocycles. The predicted octanol–water partition coefficient (Wildman–Crippen LogP) is 1.53. The van der Waals surface area contributed by atoms with Gasteiger partial charge in [0.1, 0.15) is 24.0 Å². The lowest BCUT2D eigenvalue weighted by atomic mass is 9.98. The topological polar surface area (TPSA) is 158 Å². The van der Waals surface area contributed by atoms with E-state index in [-0.39, 0.29) is 5.75 Å². The van der Waals surface area contributed by atoms with Crippen molar-refractivity contribution in [2.45, 2.75) is 44.0 Å². The van der Waals surface area contributed by atoms with E-state index in [1.165, 1.54) is 31.2 Å². The Morgan fingerprint density at radius 2 is 2.03 bits per heavy atom. The molecule has 6 atom stereocenters. The first-order valence-electron chi connectivity index (χ1n) is 10.3. The highest BCUT2D eigenvalue weighted by atomic mass is 35.5. The summed E-state index contributed by atoms with van der Waals surface area (Å²) in [5, 5.41) is 13.3. The molecule has 0 bridgehead atoms. The number of nitrogens with one attached hydrogen (secondary N) is 2. The average Bonchev–Trinajstić information content (AvgIpc) is 3.02. The number of carbonyl (C=O) groups excluding carboxylic acids is 1. The molecule has 0 radical (unpaired) electrons. The van der Waals surface area contributed by atoms with Gasteiger partial charge in [-0.15, -0.1) is 0 Å². The van der Waals surface area contributed by atoms with E-state index in [0.29, 0.717) is 5.02 Å². The first-order valence-corrected chi connectivity index (χ1v) is 12.2. The number of carbonyl (C=O) groups is 1. The minimum Gasteiger partial charge on any atom is -0.468 e. The van der Waals surface area contributed by atoms with Crippen LogP contribution in [-0.2, 0) is 23.4 Å². The number of halogens is 2. The highest BCUT2D eigenvalue weighted by Crippen LogP contribution is 2.47. The Morgan fingerprint density at radius 1 is 1.37 bits per heavy atom. The second-order valence-corrected chi connectivity index (χ2v) is 9.98. The third-order valence-electron chi connectivity index (χ3n) is 5.18. The van der Waals surface area contributed by atoms with Crippen LogP contribution in [0.25, 0.3) is 0 Å². The van der Waals surface area contributed by atoms with Gasteiger partial charge in [0.05, 0.1) is 13.7 Å². The van der Waals surface area contributed by atoms with Crippen molar-refractivity contribution in [1.82, 2.24) is 14.6 Å². The summed E-state index contributed by atoms with van der Waals surface area (Å²) in [6.45, 7) is 1.69. The number of aliphatic hydroxyl groups excluding tert-OH is 1. The van der Waals surface area contributed by atoms with Gasteiger partial charge in [-0.1, -0.05) is 11.6 Å². The van der Waals surface area contributed by atoms with Gasteiger partial charge in [-0.2, -0.15) is 5.09 Å². The lowest BCUT2D eigenvalue weighted by molar-refractivity contribution is -0.142. The molecule has 1 aliphatic heterocycles. The Balaban J connectivity index is 1.81. The van der Waals surface area contributed by atoms with Gasteiger partial charge in [-0.3, -0.25) is 23.7 Å². The Bertz CT molecular complexity index is 1220. The first kappa shape index (κ1) is 27.1. The van der Waals surface area contributed by atoms with Crippen LogP contribution >= 0.6 is 19.3 Å². The Morgan fingerprint density at radius 3 is 2.63 bits per heavy atom. The van der Waals surface area contributed by atoms with E-state index in [1.807, 2.05) is 4.98 Å². The quantitative estimate of drug-likeness (QED) is 0.317. The first-order chi connectivity index (χ1) is 16.4. The molecule has 2 aromatic rings. The van der Waals surface area contributed by atoms with Crippen molar-refractivity contribution in [3.63, 3.8) is 0 Å². The molecule has 0 aliphatic carbocycles. The van der Waals surface area contributed by atoms with Crippen molar-refractivity contribution in [2.24, 2.45) is 0 Å². The fourth-order valence-corrected chi connectivity index (χ4v) is 4.95. The number of ether oxygens (including phenoxy) is 2. The van der Waals surface area contributed by atoms with Gasteiger partial charge < -0.3 is 19.1 Å². The lowest BCUT2D eigenvalue weighted by Crippen LogP contribution is -2.43. The molecule has 0 saturated carbocycles. The molecule has 3 N–H and O–H groups in total. The monoisotopic (exact) mass is 535 g/mol. The highest BCUT2D eigenvalue weighted by molar-refractivity contribution is 7.52. The molecular formula is C20H24ClFN3O9P. The second-order valence-electron chi connectivity index (χ2n) is 7.85. The zero-order chi connectivity index (χ0) is 26.0. The van der Waals surface area contributed by atoms with Gasteiger partial charge >= 0.3 is 19.4 Å². The smallest absolute Gasteiger partial charge is 0.459 e. The molecule has 3 rings (SSSR count). The summed E-state index contributed by atoms with van der Waals surface area (Å²) in [5.74, 6) is -0.692. The summed E-state index contributed by atoms with van der Waals surface area (Å²) in [4.78, 5) is 37.2. The van der Waals surface area contributed by atoms with Crippen molar-refractivity contribution in [3.8, 4) is 5.75 Å². The van der Waals surface area contributed by atoms with Gasteiger partial charge in [-0.25, -0.2) is 13.8 Å². The molecule has 1 fully saturated rings. The van der Waals surface area contributed by atoms with Crippen LogP contribution in [0, 0.1) is 0 Å². The van der Waals surface area contributed by atoms with Crippen molar-refractivity contribution >= 4 is 25.3 Å². The molecule has 0 spiro atoms. The Hall–Kier alpha value is -2.54. The van der Waals surface area contributed by atoms with E-state index in [1.54, 1.807) is 0 Å². The number of aromatic amines is 1. The number of rotatable bonds is 9. The van der Waals surface area contributed by atoms with E-state index in [0.717, 1.165) is 30.9 Å². The predicted molar refractivity (Wildman–Crippen MR) is 121 cm³/mol. The van der Waals surface area contributed by atoms with Gasteiger partial charge in [-0.05, 0) is 38.1 Å². The van der Waals surface area contributed by atoms with E-state index in [9.17, 15) is 24.1 Å². The largest absolute Gasteiger partial charge is 0.468 e. The minimum atomic E-state index is -4.33. The summed E-state index contributed by atoms with van der Waals surface area (Å²) < 4.78 is 50.5. The standard InChI is InChI=1S/C20H24ClFN3O9P/c1-11(17(28)31-3)24-35(30,34-13-6-4-12(21)5-7-13)32-10-14-16(27)20(2,22)18(33-14)25-9-8-15(26)23-19(25)29/h4-9,11,14,16,18,27H,10H2,1-3H3,(H,24,30)(H,23,26,29)/t11-,14+,16+,18+,20?,35?/m0/s1. The molecule has 15 heteroatoms. The average molecular weight is 536 g/mol. The fraction of sp³-hybridized carbons (Fsp3) is 0.450. The van der Waals surface area contributed by atoms with Gasteiger partial charge in [0, 0.05) is 17.3 Å². The van der Waals surface area contributed by atoms with Crippen molar-refractivity contribution in [1.29, 1.82) is 0 Å². The van der Waals surface area contributed by atoms with Crippen LogP contribution in [-0.4, -0.2) is 58.3 Å². The number of esters is 1. The molecule has 0 amide bonds. The van der Waals surface area contributed by atoms with Crippen LogP contribution < -0.4 is 20.9 Å². The summed E-state index contributed by atoms with van der Waals surface area (Å²) >= 11 is 5.85. The van der Waals surface area contributed by atoms with E-state index in [4.69, 9.17) is 25.4 Å². The lowest BCUT2D eigenvalue weighted by Gasteiger charge is -2.25. The second kappa shape index (κ2) is 10.6. The third kappa shape index (κ3) is 6.18. The van der Waals surface area contributed by atoms with Crippen LogP contribution in [0.4, 0.5) is 4.39 Å². The minimum absolute atomic E-state index is 0.0724. The number of alkyl halides is 1. The summed E-state index contributed by atoms with van der Waals surface area (Å²) in [5.41, 5.74) is -4.15. The molecular weight excluding hydrogens is 512 g/mol. The maximum Gasteiger partial charge on any atom is 0.459 e. The maximum atomic E-state index is 15.4. The van der Waals surface area contributed by atoms with Crippen LogP contribution in [0.5, 0.6) is 5.75 Å². The molecule has 2 heterocycles. The number of methoxy groups -OCH3 is 1. The normalized spacial score (nSPS) is 26.6. The van der Waals surface area contributed by atoms with Crippen LogP contribution in [0.2, 0.25) is 5.02 Å². The number of hydrogen-bond acceptors (Lipinski definition) is 9. The van der Waals surface area contributed by atoms with Gasteiger partial charge in [0.25, 0.3) is 5.56 Å². The number of H-pyrrole nitrogens is 1. The van der Waals surface area contributed by atoms with Crippen molar-refractivity contribution in [2.75, 3.05) is 13.7 Å². The van der Waals surface area contributed by atoms with E-state index in [2.05, 4.69) is 9.82 Å². The number of aliphatic hydroxyl groups is 1. The molecule has 12 nitrogen and oxygen atoms in total. The van der Waals surface area contributed by atoms with Gasteiger partial charge in [0.2, 0.25) is 0 Å². The van der Waals surface area contributed by atoms with Crippen LogP contribution in [0.1, 0.15) is 20.1 Å². The zero-order valence-corrected chi connectivity index (χ0v) is 20.5. The molecule has 192 valence electrons. The SMILES string of the molecule is COC(=O)[C@H](C)NP(=O)(OC[C@H]1O[C@@H](n2ccc(=O)[nH]c2=O)C(C)(F)[C@@H]1O)Oc1ccc(Cl)cc1. The maximum absolute atomic E-state index is 15.4. The number of hydrogen-bond donors (Lipinski definition) is 3. The molecule has 1 saturated heterocycles.